The van der Waals surface area contributed by atoms with Gasteiger partial charge in [0.1, 0.15) is 5.75 Å². The first-order valence-electron chi connectivity index (χ1n) is 5.17. The molecule has 4 nitrogen and oxygen atoms in total. The summed E-state index contributed by atoms with van der Waals surface area (Å²) in [4.78, 5) is 0.430. The first-order chi connectivity index (χ1) is 8.27. The molecule has 2 aromatic carbocycles. The van der Waals surface area contributed by atoms with Crippen LogP contribution in [0.4, 0.5) is 0 Å². The molecule has 1 aromatic heterocycles. The molecule has 0 unspecified atom stereocenters. The first kappa shape index (κ1) is 9.72. The number of hydrogen-bond donors (Lipinski definition) is 1. The van der Waals surface area contributed by atoms with E-state index in [0.717, 1.165) is 0 Å². The maximum atomic E-state index is 11.7. The number of para-hydroxylation sites is 2. The van der Waals surface area contributed by atoms with E-state index in [4.69, 9.17) is 4.52 Å². The molecule has 0 aliphatic rings. The standard InChI is InChI=1S/C13H9NO3/c15-11-7-3-1-5-9(11)13-10-6-2-4-8-12(10)17-14(13)16/h1-8,15H. The minimum atomic E-state index is 0.0589. The monoisotopic (exact) mass is 227 g/mol. The largest absolute Gasteiger partial charge is 0.507 e. The third kappa shape index (κ3) is 1.42. The molecule has 0 saturated carbocycles. The summed E-state index contributed by atoms with van der Waals surface area (Å²) in [7, 11) is 0. The van der Waals surface area contributed by atoms with Crippen LogP contribution in [0.5, 0.6) is 5.75 Å². The molecule has 1 heterocycles. The molecule has 17 heavy (non-hydrogen) atoms. The molecule has 3 aromatic rings. The topological polar surface area (TPSA) is 60.3 Å². The molecule has 84 valence electrons. The number of hydrogen-bond acceptors (Lipinski definition) is 3. The smallest absolute Gasteiger partial charge is 0.288 e. The molecule has 0 saturated heterocycles. The Balaban J connectivity index is 2.38. The van der Waals surface area contributed by atoms with Crippen molar-refractivity contribution >= 4 is 11.0 Å². The molecule has 1 N–H and O–H groups in total. The lowest BCUT2D eigenvalue weighted by Crippen LogP contribution is -2.24. The van der Waals surface area contributed by atoms with Gasteiger partial charge in [0.15, 0.2) is 0 Å². The molecule has 0 radical (unpaired) electrons. The van der Waals surface area contributed by atoms with Crippen LogP contribution in [0.2, 0.25) is 0 Å². The summed E-state index contributed by atoms with van der Waals surface area (Å²) in [5, 5.41) is 22.2. The van der Waals surface area contributed by atoms with Gasteiger partial charge in [-0.25, -0.2) is 0 Å². The van der Waals surface area contributed by atoms with Gasteiger partial charge in [-0.3, -0.25) is 5.21 Å². The lowest BCUT2D eigenvalue weighted by atomic mass is 10.1. The fourth-order valence-corrected chi connectivity index (χ4v) is 1.89. The number of phenols is 1. The predicted octanol–water partition coefficient (Wildman–Crippen LogP) is 2.44. The highest BCUT2D eigenvalue weighted by molar-refractivity contribution is 5.91. The van der Waals surface area contributed by atoms with E-state index < -0.39 is 0 Å². The van der Waals surface area contributed by atoms with E-state index in [1.165, 1.54) is 6.07 Å². The van der Waals surface area contributed by atoms with Crippen molar-refractivity contribution in [1.82, 2.24) is 0 Å². The molecule has 0 spiro atoms. The van der Waals surface area contributed by atoms with E-state index >= 15 is 0 Å². The van der Waals surface area contributed by atoms with Crippen LogP contribution in [0.25, 0.3) is 22.2 Å². The van der Waals surface area contributed by atoms with Crippen molar-refractivity contribution < 1.29 is 14.5 Å². The van der Waals surface area contributed by atoms with Crippen molar-refractivity contribution in [2.75, 3.05) is 0 Å². The first-order valence-corrected chi connectivity index (χ1v) is 5.17. The van der Waals surface area contributed by atoms with Gasteiger partial charge in [-0.1, -0.05) is 24.3 Å². The number of aromatic hydroxyl groups is 1. The van der Waals surface area contributed by atoms with Gasteiger partial charge in [0, 0.05) is 0 Å². The summed E-state index contributed by atoms with van der Waals surface area (Å²) in [6.07, 6.45) is 0. The van der Waals surface area contributed by atoms with Gasteiger partial charge >= 0.3 is 0 Å². The van der Waals surface area contributed by atoms with Gasteiger partial charge in [0.2, 0.25) is 0 Å². The number of rotatable bonds is 1. The van der Waals surface area contributed by atoms with Gasteiger partial charge < -0.3 is 9.63 Å². The van der Waals surface area contributed by atoms with Crippen molar-refractivity contribution in [3.05, 3.63) is 53.7 Å². The van der Waals surface area contributed by atoms with Crippen LogP contribution in [0.1, 0.15) is 0 Å². The van der Waals surface area contributed by atoms with Gasteiger partial charge in [-0.15, -0.1) is 0 Å². The van der Waals surface area contributed by atoms with Crippen LogP contribution < -0.4 is 4.90 Å². The van der Waals surface area contributed by atoms with Crippen LogP contribution in [-0.2, 0) is 0 Å². The van der Waals surface area contributed by atoms with Crippen molar-refractivity contribution in [1.29, 1.82) is 0 Å². The van der Waals surface area contributed by atoms with Gasteiger partial charge in [0.25, 0.3) is 5.69 Å². The molecule has 3 rings (SSSR count). The maximum absolute atomic E-state index is 11.7. The van der Waals surface area contributed by atoms with Crippen molar-refractivity contribution in [2.24, 2.45) is 0 Å². The molecule has 0 bridgehead atoms. The Morgan fingerprint density at radius 3 is 2.53 bits per heavy atom. The lowest BCUT2D eigenvalue weighted by Gasteiger charge is -1.97. The second-order valence-electron chi connectivity index (χ2n) is 3.71. The second-order valence-corrected chi connectivity index (χ2v) is 3.71. The molecular formula is C13H9NO3. The Morgan fingerprint density at radius 1 is 1.00 bits per heavy atom. The third-order valence-corrected chi connectivity index (χ3v) is 2.67. The zero-order valence-electron chi connectivity index (χ0n) is 8.83. The van der Waals surface area contributed by atoms with E-state index in [2.05, 4.69) is 0 Å². The highest BCUT2D eigenvalue weighted by Crippen LogP contribution is 2.31. The van der Waals surface area contributed by atoms with Crippen molar-refractivity contribution in [3.63, 3.8) is 0 Å². The van der Waals surface area contributed by atoms with Crippen LogP contribution in [0, 0.1) is 5.21 Å². The van der Waals surface area contributed by atoms with E-state index in [-0.39, 0.29) is 5.75 Å². The van der Waals surface area contributed by atoms with Crippen molar-refractivity contribution in [3.8, 4) is 17.0 Å². The zero-order valence-corrected chi connectivity index (χ0v) is 8.83. The van der Waals surface area contributed by atoms with Gasteiger partial charge in [-0.05, 0) is 24.3 Å². The summed E-state index contributed by atoms with van der Waals surface area (Å²) in [5.74, 6) is 0.0589. The molecular weight excluding hydrogens is 218 g/mol. The minimum absolute atomic E-state index is 0.0589. The fourth-order valence-electron chi connectivity index (χ4n) is 1.89. The Hall–Kier alpha value is -2.49. The number of phenolic OH excluding ortho intramolecular Hbond substituents is 1. The minimum Gasteiger partial charge on any atom is -0.507 e. The number of aromatic nitrogens is 1. The Bertz CT molecular complexity index is 688. The lowest BCUT2D eigenvalue weighted by molar-refractivity contribution is -0.779. The van der Waals surface area contributed by atoms with Crippen LogP contribution in [0.3, 0.4) is 0 Å². The highest BCUT2D eigenvalue weighted by Gasteiger charge is 2.21. The third-order valence-electron chi connectivity index (χ3n) is 2.67. The van der Waals surface area contributed by atoms with Crippen LogP contribution in [-0.4, -0.2) is 5.11 Å². The summed E-state index contributed by atoms with van der Waals surface area (Å²) < 4.78 is 5.06. The molecule has 4 heteroatoms. The molecule has 0 amide bonds. The normalized spacial score (nSPS) is 10.8. The number of fused-ring (bicyclic) bond motifs is 1. The van der Waals surface area contributed by atoms with E-state index in [1.807, 2.05) is 6.07 Å². The zero-order chi connectivity index (χ0) is 11.8. The molecule has 0 atom stereocenters. The Kier molecular flexibility index (Phi) is 2.01. The SMILES string of the molecule is [O-][n+]1oc2ccccc2c1-c1ccccc1O. The summed E-state index contributed by atoms with van der Waals surface area (Å²) in [5.41, 5.74) is 1.30. The Labute approximate surface area is 96.9 Å². The molecule has 0 fully saturated rings. The average molecular weight is 227 g/mol. The maximum Gasteiger partial charge on any atom is 0.288 e. The van der Waals surface area contributed by atoms with E-state index in [0.29, 0.717) is 27.1 Å². The number of nitrogens with zero attached hydrogens (tertiary/aromatic N) is 1. The summed E-state index contributed by atoms with van der Waals surface area (Å²) in [6, 6.07) is 13.8. The quantitative estimate of drug-likeness (QED) is 0.649. The van der Waals surface area contributed by atoms with Crippen LogP contribution >= 0.6 is 0 Å². The Morgan fingerprint density at radius 2 is 1.71 bits per heavy atom. The van der Waals surface area contributed by atoms with Gasteiger partial charge in [-0.2, -0.15) is 0 Å². The van der Waals surface area contributed by atoms with E-state index in [1.54, 1.807) is 36.4 Å². The summed E-state index contributed by atoms with van der Waals surface area (Å²) in [6.45, 7) is 0. The fraction of sp³-hybridized carbons (Fsp3) is 0. The van der Waals surface area contributed by atoms with Gasteiger partial charge in [0.05, 0.1) is 21.4 Å². The van der Waals surface area contributed by atoms with Crippen LogP contribution in [0.15, 0.2) is 53.1 Å². The molecule has 0 aliphatic carbocycles. The highest BCUT2D eigenvalue weighted by atomic mass is 16.7. The molecule has 0 aliphatic heterocycles. The predicted molar refractivity (Wildman–Crippen MR) is 62.3 cm³/mol. The second kappa shape index (κ2) is 3.52. The van der Waals surface area contributed by atoms with Crippen molar-refractivity contribution in [2.45, 2.75) is 0 Å². The number of benzene rings is 2. The van der Waals surface area contributed by atoms with E-state index in [9.17, 15) is 10.3 Å². The summed E-state index contributed by atoms with van der Waals surface area (Å²) >= 11 is 0. The average Bonchev–Trinajstić information content (AvgIpc) is 2.66.